The molecule has 0 aliphatic carbocycles. The van der Waals surface area contributed by atoms with Gasteiger partial charge in [-0.1, -0.05) is 24.3 Å². The van der Waals surface area contributed by atoms with Gasteiger partial charge in [0, 0.05) is 24.2 Å². The molecule has 0 radical (unpaired) electrons. The Hall–Kier alpha value is -2.90. The Balaban J connectivity index is 1.86. The maximum atomic E-state index is 12.7. The van der Waals surface area contributed by atoms with Gasteiger partial charge in [0.25, 0.3) is 5.91 Å². The fourth-order valence-corrected chi connectivity index (χ4v) is 3.58. The molecule has 3 rings (SSSR count). The molecule has 0 spiro atoms. The minimum atomic E-state index is -0.309. The van der Waals surface area contributed by atoms with E-state index in [0.29, 0.717) is 30.9 Å². The molecule has 0 saturated carbocycles. The zero-order chi connectivity index (χ0) is 23.0. The van der Waals surface area contributed by atoms with E-state index in [4.69, 9.17) is 0 Å². The van der Waals surface area contributed by atoms with Gasteiger partial charge in [-0.25, -0.2) is 9.48 Å². The van der Waals surface area contributed by atoms with Crippen molar-refractivity contribution in [3.8, 4) is 5.69 Å². The molecule has 1 aromatic carbocycles. The zero-order valence-corrected chi connectivity index (χ0v) is 19.7. The number of urea groups is 1. The lowest BCUT2D eigenvalue weighted by Gasteiger charge is -2.33. The van der Waals surface area contributed by atoms with E-state index in [1.54, 1.807) is 4.68 Å². The lowest BCUT2D eigenvalue weighted by atomic mass is 9.97. The summed E-state index contributed by atoms with van der Waals surface area (Å²) in [6, 6.07) is 5.93. The summed E-state index contributed by atoms with van der Waals surface area (Å²) in [4.78, 5) is 27.2. The number of nitrogens with zero attached hydrogens (tertiary/aromatic N) is 4. The van der Waals surface area contributed by atoms with E-state index >= 15 is 0 Å². The number of rotatable bonds is 4. The van der Waals surface area contributed by atoms with Crippen LogP contribution in [0.4, 0.5) is 4.79 Å². The number of hydrogen-bond acceptors (Lipinski definition) is 4. The minimum Gasteiger partial charge on any atom is -0.346 e. The Morgan fingerprint density at radius 3 is 2.48 bits per heavy atom. The predicted molar refractivity (Wildman–Crippen MR) is 120 cm³/mol. The van der Waals surface area contributed by atoms with E-state index < -0.39 is 0 Å². The summed E-state index contributed by atoms with van der Waals surface area (Å²) in [5.41, 5.74) is 3.58. The molecule has 0 unspecified atom stereocenters. The molecule has 31 heavy (non-hydrogen) atoms. The highest BCUT2D eigenvalue weighted by atomic mass is 16.2. The van der Waals surface area contributed by atoms with Crippen molar-refractivity contribution in [2.24, 2.45) is 0 Å². The molecule has 1 aliphatic heterocycles. The summed E-state index contributed by atoms with van der Waals surface area (Å²) in [7, 11) is 0. The molecule has 2 aromatic rings. The fourth-order valence-electron chi connectivity index (χ4n) is 3.58. The average molecular weight is 427 g/mol. The molecule has 0 atom stereocenters. The molecular formula is C23H34N6O2. The first-order valence-corrected chi connectivity index (χ1v) is 10.8. The van der Waals surface area contributed by atoms with E-state index in [1.165, 1.54) is 0 Å². The van der Waals surface area contributed by atoms with Crippen molar-refractivity contribution in [2.75, 3.05) is 6.54 Å². The van der Waals surface area contributed by atoms with Gasteiger partial charge in [0.2, 0.25) is 0 Å². The SMILES string of the molecule is CCC(C)(C)NC(=O)c1nnn(-c2cccc3c2CCN(C(=O)NC(C)(C)C)C3)c1C. The van der Waals surface area contributed by atoms with Crippen molar-refractivity contribution in [2.45, 2.75) is 78.9 Å². The van der Waals surface area contributed by atoms with Crippen molar-refractivity contribution in [1.82, 2.24) is 30.5 Å². The van der Waals surface area contributed by atoms with Gasteiger partial charge in [-0.3, -0.25) is 4.79 Å². The molecule has 2 N–H and O–H groups in total. The van der Waals surface area contributed by atoms with E-state index in [-0.39, 0.29) is 23.0 Å². The smallest absolute Gasteiger partial charge is 0.318 e. The van der Waals surface area contributed by atoms with Crippen LogP contribution in [0.5, 0.6) is 0 Å². The van der Waals surface area contributed by atoms with Crippen LogP contribution in [0.1, 0.15) is 75.3 Å². The Morgan fingerprint density at radius 2 is 1.84 bits per heavy atom. The molecule has 168 valence electrons. The van der Waals surface area contributed by atoms with Gasteiger partial charge in [-0.05, 0) is 71.6 Å². The average Bonchev–Trinajstić information content (AvgIpc) is 3.06. The van der Waals surface area contributed by atoms with E-state index in [2.05, 4.69) is 20.9 Å². The highest BCUT2D eigenvalue weighted by molar-refractivity contribution is 5.93. The molecule has 0 fully saturated rings. The predicted octanol–water partition coefficient (Wildman–Crippen LogP) is 3.36. The maximum absolute atomic E-state index is 12.7. The number of aromatic nitrogens is 3. The molecule has 8 heteroatoms. The number of carbonyl (C=O) groups is 2. The topological polar surface area (TPSA) is 92.2 Å². The molecular weight excluding hydrogens is 392 g/mol. The first kappa shape index (κ1) is 22.8. The minimum absolute atomic E-state index is 0.0574. The Labute approximate surface area is 184 Å². The van der Waals surface area contributed by atoms with Gasteiger partial charge in [0.05, 0.1) is 11.4 Å². The standard InChI is InChI=1S/C23H34N6O2/c1-8-23(6,7)24-20(30)19-15(2)29(27-26-19)18-11-9-10-16-14-28(13-12-17(16)18)21(31)25-22(3,4)5/h9-11H,8,12-14H2,1-7H3,(H,24,30)(H,25,31). The second-order valence-electron chi connectivity index (χ2n) is 9.89. The molecule has 0 bridgehead atoms. The van der Waals surface area contributed by atoms with Crippen LogP contribution in [0.3, 0.4) is 0 Å². The molecule has 1 aliphatic rings. The zero-order valence-electron chi connectivity index (χ0n) is 19.7. The normalized spacial score (nSPS) is 14.2. The first-order valence-electron chi connectivity index (χ1n) is 10.8. The summed E-state index contributed by atoms with van der Waals surface area (Å²) in [6.07, 6.45) is 1.53. The number of nitrogens with one attached hydrogen (secondary N) is 2. The Morgan fingerprint density at radius 1 is 1.13 bits per heavy atom. The molecule has 8 nitrogen and oxygen atoms in total. The Kier molecular flexibility index (Phi) is 6.11. The summed E-state index contributed by atoms with van der Waals surface area (Å²) in [5, 5.41) is 14.5. The van der Waals surface area contributed by atoms with Crippen LogP contribution >= 0.6 is 0 Å². The molecule has 2 heterocycles. The van der Waals surface area contributed by atoms with Gasteiger partial charge >= 0.3 is 6.03 Å². The van der Waals surface area contributed by atoms with Crippen molar-refractivity contribution in [3.05, 3.63) is 40.7 Å². The fraction of sp³-hybridized carbons (Fsp3) is 0.565. The highest BCUT2D eigenvalue weighted by Gasteiger charge is 2.27. The lowest BCUT2D eigenvalue weighted by Crippen LogP contribution is -2.49. The molecule has 3 amide bonds. The number of amides is 3. The van der Waals surface area contributed by atoms with Crippen LogP contribution in [0.15, 0.2) is 18.2 Å². The van der Waals surface area contributed by atoms with Crippen molar-refractivity contribution < 1.29 is 9.59 Å². The van der Waals surface area contributed by atoms with Crippen molar-refractivity contribution in [1.29, 1.82) is 0 Å². The van der Waals surface area contributed by atoms with E-state index in [0.717, 1.165) is 23.2 Å². The quantitative estimate of drug-likeness (QED) is 0.784. The number of carbonyl (C=O) groups excluding carboxylic acids is 2. The van der Waals surface area contributed by atoms with Gasteiger partial charge in [0.1, 0.15) is 0 Å². The summed E-state index contributed by atoms with van der Waals surface area (Å²) in [6.45, 7) is 15.0. The van der Waals surface area contributed by atoms with E-state index in [1.807, 2.05) is 71.6 Å². The maximum Gasteiger partial charge on any atom is 0.318 e. The molecule has 1 aromatic heterocycles. The summed E-state index contributed by atoms with van der Waals surface area (Å²) < 4.78 is 1.73. The third-order valence-electron chi connectivity index (χ3n) is 5.68. The second kappa shape index (κ2) is 8.32. The largest absolute Gasteiger partial charge is 0.346 e. The van der Waals surface area contributed by atoms with Crippen LogP contribution < -0.4 is 10.6 Å². The first-order chi connectivity index (χ1) is 14.4. The third kappa shape index (κ3) is 5.06. The van der Waals surface area contributed by atoms with Crippen LogP contribution in [0, 0.1) is 6.92 Å². The van der Waals surface area contributed by atoms with Gasteiger partial charge in [-0.15, -0.1) is 5.10 Å². The van der Waals surface area contributed by atoms with Gasteiger partial charge < -0.3 is 15.5 Å². The number of hydrogen-bond donors (Lipinski definition) is 2. The lowest BCUT2D eigenvalue weighted by molar-refractivity contribution is 0.0905. The third-order valence-corrected chi connectivity index (χ3v) is 5.68. The van der Waals surface area contributed by atoms with Gasteiger partial charge in [-0.2, -0.15) is 0 Å². The van der Waals surface area contributed by atoms with Crippen molar-refractivity contribution >= 4 is 11.9 Å². The Bertz CT molecular complexity index is 986. The van der Waals surface area contributed by atoms with E-state index in [9.17, 15) is 9.59 Å². The number of fused-ring (bicyclic) bond motifs is 1. The molecule has 0 saturated heterocycles. The number of benzene rings is 1. The van der Waals surface area contributed by atoms with Crippen LogP contribution in [-0.4, -0.2) is 49.5 Å². The second-order valence-corrected chi connectivity index (χ2v) is 9.89. The summed E-state index contributed by atoms with van der Waals surface area (Å²) >= 11 is 0. The highest BCUT2D eigenvalue weighted by Crippen LogP contribution is 2.26. The summed E-state index contributed by atoms with van der Waals surface area (Å²) in [5.74, 6) is -0.217. The van der Waals surface area contributed by atoms with Crippen LogP contribution in [0.2, 0.25) is 0 Å². The van der Waals surface area contributed by atoms with Crippen LogP contribution in [0.25, 0.3) is 5.69 Å². The van der Waals surface area contributed by atoms with Gasteiger partial charge in [0.15, 0.2) is 5.69 Å². The monoisotopic (exact) mass is 426 g/mol. The van der Waals surface area contributed by atoms with Crippen LogP contribution in [-0.2, 0) is 13.0 Å². The van der Waals surface area contributed by atoms with Crippen molar-refractivity contribution in [3.63, 3.8) is 0 Å².